The topological polar surface area (TPSA) is 55.6 Å². The number of rotatable bonds is 6. The van der Waals surface area contributed by atoms with Crippen LogP contribution in [0.1, 0.15) is 24.3 Å². The number of likely N-dealkylation sites (tertiary alicyclic amines) is 1. The summed E-state index contributed by atoms with van der Waals surface area (Å²) in [6, 6.07) is 13.0. The summed E-state index contributed by atoms with van der Waals surface area (Å²) < 4.78 is 31.6. The van der Waals surface area contributed by atoms with Gasteiger partial charge in [-0.3, -0.25) is 4.79 Å². The quantitative estimate of drug-likeness (QED) is 0.806. The maximum absolute atomic E-state index is 13.5. The number of nitrogens with two attached hydrogens (primary N) is 1. The van der Waals surface area contributed by atoms with E-state index in [2.05, 4.69) is 0 Å². The Hall–Kier alpha value is -2.47. The van der Waals surface area contributed by atoms with Gasteiger partial charge in [0.1, 0.15) is 5.82 Å². The number of amides is 1. The van der Waals surface area contributed by atoms with Crippen molar-refractivity contribution in [3.8, 4) is 5.75 Å². The zero-order chi connectivity index (χ0) is 18.5. The smallest absolute Gasteiger partial charge is 0.222 e. The van der Waals surface area contributed by atoms with Gasteiger partial charge in [-0.15, -0.1) is 0 Å². The second kappa shape index (κ2) is 8.27. The van der Waals surface area contributed by atoms with Gasteiger partial charge in [-0.25, -0.2) is 8.78 Å². The predicted octanol–water partition coefficient (Wildman–Crippen LogP) is 3.08. The number of benzene rings is 2. The van der Waals surface area contributed by atoms with Crippen molar-refractivity contribution in [1.82, 2.24) is 4.90 Å². The summed E-state index contributed by atoms with van der Waals surface area (Å²) in [5, 5.41) is 0. The highest BCUT2D eigenvalue weighted by Gasteiger charge is 2.33. The first-order chi connectivity index (χ1) is 12.5. The molecule has 0 radical (unpaired) electrons. The molecular formula is C20H22F2N2O2. The zero-order valence-electron chi connectivity index (χ0n) is 14.4. The van der Waals surface area contributed by atoms with Crippen LogP contribution < -0.4 is 10.5 Å². The van der Waals surface area contributed by atoms with Gasteiger partial charge in [0.15, 0.2) is 11.6 Å². The third kappa shape index (κ3) is 4.38. The number of nitrogens with zero attached hydrogens (tertiary/aromatic N) is 1. The fourth-order valence-electron chi connectivity index (χ4n) is 3.24. The minimum atomic E-state index is -0.743. The molecule has 2 N–H and O–H groups in total. The van der Waals surface area contributed by atoms with E-state index in [1.807, 2.05) is 30.3 Å². The predicted molar refractivity (Wildman–Crippen MR) is 94.8 cm³/mol. The highest BCUT2D eigenvalue weighted by atomic mass is 19.1. The van der Waals surface area contributed by atoms with Gasteiger partial charge in [-0.05, 0) is 24.1 Å². The van der Waals surface area contributed by atoms with Gasteiger partial charge < -0.3 is 15.4 Å². The summed E-state index contributed by atoms with van der Waals surface area (Å²) in [7, 11) is 0. The maximum atomic E-state index is 13.5. The van der Waals surface area contributed by atoms with Crippen LogP contribution in [0.15, 0.2) is 48.5 Å². The SMILES string of the molecule is N[C@@H]1CN(C(=O)CCCOc2ccc(F)cc2F)C[C@H]1c1ccccc1. The molecule has 138 valence electrons. The Kier molecular flexibility index (Phi) is 5.83. The van der Waals surface area contributed by atoms with Crippen LogP contribution in [0, 0.1) is 11.6 Å². The van der Waals surface area contributed by atoms with Crippen LogP contribution >= 0.6 is 0 Å². The summed E-state index contributed by atoms with van der Waals surface area (Å²) in [4.78, 5) is 14.2. The van der Waals surface area contributed by atoms with Crippen molar-refractivity contribution in [2.24, 2.45) is 5.73 Å². The van der Waals surface area contributed by atoms with E-state index in [9.17, 15) is 13.6 Å². The average molecular weight is 360 g/mol. The summed E-state index contributed by atoms with van der Waals surface area (Å²) in [5.74, 6) is -1.24. The van der Waals surface area contributed by atoms with E-state index >= 15 is 0 Å². The standard InChI is InChI=1S/C20H22F2N2O2/c21-15-8-9-19(17(22)11-15)26-10-4-7-20(25)24-12-16(18(23)13-24)14-5-2-1-3-6-14/h1-3,5-6,8-9,11,16,18H,4,7,10,12-13,23H2/t16-,18+/m0/s1. The first-order valence-electron chi connectivity index (χ1n) is 8.71. The molecule has 0 spiro atoms. The zero-order valence-corrected chi connectivity index (χ0v) is 14.4. The Morgan fingerprint density at radius 3 is 2.65 bits per heavy atom. The van der Waals surface area contributed by atoms with Crippen molar-refractivity contribution >= 4 is 5.91 Å². The lowest BCUT2D eigenvalue weighted by Gasteiger charge is -2.16. The molecule has 0 unspecified atom stereocenters. The van der Waals surface area contributed by atoms with E-state index in [4.69, 9.17) is 10.5 Å². The van der Waals surface area contributed by atoms with Gasteiger partial charge in [0.25, 0.3) is 0 Å². The molecule has 1 amide bonds. The number of ether oxygens (including phenoxy) is 1. The minimum Gasteiger partial charge on any atom is -0.491 e. The Morgan fingerprint density at radius 1 is 1.15 bits per heavy atom. The van der Waals surface area contributed by atoms with Crippen molar-refractivity contribution in [2.75, 3.05) is 19.7 Å². The van der Waals surface area contributed by atoms with E-state index in [-0.39, 0.29) is 30.2 Å². The molecule has 1 aliphatic rings. The molecule has 0 aliphatic carbocycles. The molecule has 2 atom stereocenters. The Labute approximate surface area is 151 Å². The normalized spacial score (nSPS) is 19.6. The van der Waals surface area contributed by atoms with Gasteiger partial charge in [-0.2, -0.15) is 0 Å². The maximum Gasteiger partial charge on any atom is 0.222 e. The molecule has 1 aliphatic heterocycles. The van der Waals surface area contributed by atoms with Crippen molar-refractivity contribution in [3.05, 3.63) is 65.7 Å². The fraction of sp³-hybridized carbons (Fsp3) is 0.350. The molecule has 1 saturated heterocycles. The van der Waals surface area contributed by atoms with E-state index in [0.29, 0.717) is 25.9 Å². The highest BCUT2D eigenvalue weighted by molar-refractivity contribution is 5.76. The van der Waals surface area contributed by atoms with Gasteiger partial charge in [0, 0.05) is 37.5 Å². The van der Waals surface area contributed by atoms with Crippen LogP contribution in [0.4, 0.5) is 8.78 Å². The largest absolute Gasteiger partial charge is 0.491 e. The fourth-order valence-corrected chi connectivity index (χ4v) is 3.24. The molecule has 1 fully saturated rings. The molecule has 0 bridgehead atoms. The third-order valence-corrected chi connectivity index (χ3v) is 4.63. The average Bonchev–Trinajstić information content (AvgIpc) is 3.02. The van der Waals surface area contributed by atoms with E-state index < -0.39 is 11.6 Å². The molecule has 1 heterocycles. The number of hydrogen-bond donors (Lipinski definition) is 1. The monoisotopic (exact) mass is 360 g/mol. The van der Waals surface area contributed by atoms with Crippen LogP contribution in [0.25, 0.3) is 0 Å². The van der Waals surface area contributed by atoms with Crippen LogP contribution in [0.2, 0.25) is 0 Å². The molecule has 2 aromatic carbocycles. The lowest BCUT2D eigenvalue weighted by atomic mass is 9.95. The Morgan fingerprint density at radius 2 is 1.92 bits per heavy atom. The second-order valence-corrected chi connectivity index (χ2v) is 6.51. The number of hydrogen-bond acceptors (Lipinski definition) is 3. The van der Waals surface area contributed by atoms with Crippen molar-refractivity contribution in [1.29, 1.82) is 0 Å². The molecule has 0 saturated carbocycles. The summed E-state index contributed by atoms with van der Waals surface area (Å²) in [6.07, 6.45) is 0.758. The van der Waals surface area contributed by atoms with Crippen LogP contribution in [0.3, 0.4) is 0 Å². The molecule has 2 aromatic rings. The summed E-state index contributed by atoms with van der Waals surface area (Å²) in [5.41, 5.74) is 7.35. The minimum absolute atomic E-state index is 0.00816. The number of carbonyl (C=O) groups excluding carboxylic acids is 1. The van der Waals surface area contributed by atoms with Crippen LogP contribution in [0.5, 0.6) is 5.75 Å². The van der Waals surface area contributed by atoms with Gasteiger partial charge in [0.05, 0.1) is 6.61 Å². The number of halogens is 2. The van der Waals surface area contributed by atoms with E-state index in [1.54, 1.807) is 4.90 Å². The van der Waals surface area contributed by atoms with Gasteiger partial charge in [0.2, 0.25) is 5.91 Å². The van der Waals surface area contributed by atoms with E-state index in [0.717, 1.165) is 17.7 Å². The second-order valence-electron chi connectivity index (χ2n) is 6.51. The van der Waals surface area contributed by atoms with Crippen LogP contribution in [-0.4, -0.2) is 36.5 Å². The molecule has 26 heavy (non-hydrogen) atoms. The first-order valence-corrected chi connectivity index (χ1v) is 8.71. The van der Waals surface area contributed by atoms with Crippen molar-refractivity contribution < 1.29 is 18.3 Å². The first kappa shape index (κ1) is 18.3. The molecule has 6 heteroatoms. The Bertz CT molecular complexity index is 755. The molecular weight excluding hydrogens is 338 g/mol. The molecule has 4 nitrogen and oxygen atoms in total. The lowest BCUT2D eigenvalue weighted by molar-refractivity contribution is -0.130. The van der Waals surface area contributed by atoms with Crippen molar-refractivity contribution in [2.45, 2.75) is 24.8 Å². The van der Waals surface area contributed by atoms with E-state index in [1.165, 1.54) is 6.07 Å². The van der Waals surface area contributed by atoms with Gasteiger partial charge in [-0.1, -0.05) is 30.3 Å². The molecule has 0 aromatic heterocycles. The van der Waals surface area contributed by atoms with Gasteiger partial charge >= 0.3 is 0 Å². The summed E-state index contributed by atoms with van der Waals surface area (Å²) in [6.45, 7) is 1.33. The van der Waals surface area contributed by atoms with Crippen molar-refractivity contribution in [3.63, 3.8) is 0 Å². The molecule has 3 rings (SSSR count). The highest BCUT2D eigenvalue weighted by Crippen LogP contribution is 2.27. The lowest BCUT2D eigenvalue weighted by Crippen LogP contribution is -2.32. The Balaban J connectivity index is 1.45. The summed E-state index contributed by atoms with van der Waals surface area (Å²) >= 11 is 0. The van der Waals surface area contributed by atoms with Crippen LogP contribution in [-0.2, 0) is 4.79 Å². The number of carbonyl (C=O) groups is 1. The third-order valence-electron chi connectivity index (χ3n) is 4.63.